The summed E-state index contributed by atoms with van der Waals surface area (Å²) in [6, 6.07) is 0. The van der Waals surface area contributed by atoms with Crippen LogP contribution in [0.4, 0.5) is 0 Å². The Morgan fingerprint density at radius 1 is 1.33 bits per heavy atom. The first kappa shape index (κ1) is 14.6. The molecule has 7 heteroatoms. The fraction of sp³-hybridized carbons (Fsp3) is 0.750. The van der Waals surface area contributed by atoms with Gasteiger partial charge >= 0.3 is 0 Å². The molecular formula is C8H14O5S2. The van der Waals surface area contributed by atoms with Gasteiger partial charge in [0.1, 0.15) is 17.3 Å². The summed E-state index contributed by atoms with van der Waals surface area (Å²) < 4.78 is 14.5. The second kappa shape index (κ2) is 7.00. The van der Waals surface area contributed by atoms with Gasteiger partial charge in [0, 0.05) is 30.5 Å². The molecule has 0 rings (SSSR count). The van der Waals surface area contributed by atoms with Gasteiger partial charge in [-0.2, -0.15) is 0 Å². The lowest BCUT2D eigenvalue weighted by molar-refractivity contribution is -0.127. The Morgan fingerprint density at radius 2 is 1.87 bits per heavy atom. The average Bonchev–Trinajstić information content (AvgIpc) is 2.16. The predicted molar refractivity (Wildman–Crippen MR) is 58.2 cm³/mol. The fourth-order valence-electron chi connectivity index (χ4n) is 0.955. The molecular weight excluding hydrogens is 240 g/mol. The molecule has 0 heterocycles. The summed E-state index contributed by atoms with van der Waals surface area (Å²) in [4.78, 5) is 22.0. The molecule has 0 aromatic carbocycles. The van der Waals surface area contributed by atoms with Gasteiger partial charge in [-0.05, 0) is 6.42 Å². The van der Waals surface area contributed by atoms with E-state index in [1.165, 1.54) is 0 Å². The number of carbonyl (C=O) groups is 2. The molecule has 0 saturated carbocycles. The van der Waals surface area contributed by atoms with Crippen LogP contribution in [0.1, 0.15) is 32.6 Å². The van der Waals surface area contributed by atoms with Gasteiger partial charge < -0.3 is 0 Å². The lowest BCUT2D eigenvalue weighted by Gasteiger charge is -2.01. The van der Waals surface area contributed by atoms with Crippen LogP contribution in [0.5, 0.6) is 0 Å². The Morgan fingerprint density at radius 3 is 2.33 bits per heavy atom. The Hall–Kier alpha value is -0.370. The number of rotatable bonds is 8. The zero-order chi connectivity index (χ0) is 11.9. The van der Waals surface area contributed by atoms with Gasteiger partial charge in [-0.1, -0.05) is 6.92 Å². The zero-order valence-electron chi connectivity index (χ0n) is 8.43. The van der Waals surface area contributed by atoms with Crippen LogP contribution in [-0.2, 0) is 33.9 Å². The summed E-state index contributed by atoms with van der Waals surface area (Å²) in [5.74, 6) is -0.771. The Labute approximate surface area is 93.6 Å². The molecule has 0 spiro atoms. The van der Waals surface area contributed by atoms with Gasteiger partial charge in [0.05, 0.1) is 0 Å². The highest BCUT2D eigenvalue weighted by Crippen LogP contribution is 2.02. The highest BCUT2D eigenvalue weighted by Gasteiger charge is 2.13. The van der Waals surface area contributed by atoms with Crippen LogP contribution in [-0.4, -0.2) is 26.8 Å². The van der Waals surface area contributed by atoms with E-state index in [0.717, 1.165) is 0 Å². The lowest BCUT2D eigenvalue weighted by Crippen LogP contribution is -2.16. The van der Waals surface area contributed by atoms with Crippen molar-refractivity contribution < 1.29 is 23.4 Å². The first-order valence-electron chi connectivity index (χ1n) is 4.50. The largest absolute Gasteiger partial charge is 0.300 e. The van der Waals surface area contributed by atoms with Crippen molar-refractivity contribution in [1.82, 2.24) is 0 Å². The molecule has 0 aromatic rings. The van der Waals surface area contributed by atoms with Crippen LogP contribution in [0, 0.1) is 0 Å². The molecule has 0 aromatic heterocycles. The molecule has 0 amide bonds. The number of Topliss-reactive ketones (excluding diaryl/α,β-unsaturated/α-hetero) is 2. The molecule has 1 unspecified atom stereocenters. The first-order valence-corrected chi connectivity index (χ1v) is 7.08. The van der Waals surface area contributed by atoms with E-state index in [9.17, 15) is 13.8 Å². The molecule has 1 atom stereocenters. The van der Waals surface area contributed by atoms with Crippen LogP contribution in [0.3, 0.4) is 0 Å². The van der Waals surface area contributed by atoms with Crippen LogP contribution in [0.25, 0.3) is 0 Å². The monoisotopic (exact) mass is 254 g/mol. The summed E-state index contributed by atoms with van der Waals surface area (Å²) >= 11 is 4.31. The quantitative estimate of drug-likeness (QED) is 0.511. The molecule has 0 aliphatic heterocycles. The van der Waals surface area contributed by atoms with Crippen molar-refractivity contribution in [3.8, 4) is 0 Å². The number of carbonyl (C=O) groups excluding carboxylic acids is 2. The van der Waals surface area contributed by atoms with Crippen molar-refractivity contribution >= 4 is 31.5 Å². The highest BCUT2D eigenvalue weighted by atomic mass is 32.8. The Kier molecular flexibility index (Phi) is 6.82. The van der Waals surface area contributed by atoms with Gasteiger partial charge in [0.2, 0.25) is 0 Å². The van der Waals surface area contributed by atoms with E-state index in [4.69, 9.17) is 5.26 Å². The maximum absolute atomic E-state index is 11.1. The summed E-state index contributed by atoms with van der Waals surface area (Å²) in [6.45, 7) is 1.75. The molecule has 15 heavy (non-hydrogen) atoms. The highest BCUT2D eigenvalue weighted by molar-refractivity contribution is 8.30. The second-order valence-corrected chi connectivity index (χ2v) is 6.14. The molecule has 0 saturated heterocycles. The van der Waals surface area contributed by atoms with Crippen molar-refractivity contribution in [1.29, 1.82) is 0 Å². The van der Waals surface area contributed by atoms with E-state index < -0.39 is 14.5 Å². The molecule has 0 bridgehead atoms. The van der Waals surface area contributed by atoms with Crippen molar-refractivity contribution in [3.05, 3.63) is 0 Å². The lowest BCUT2D eigenvalue weighted by atomic mass is 10.1. The number of ketones is 2. The van der Waals surface area contributed by atoms with Crippen LogP contribution in [0.2, 0.25) is 0 Å². The minimum Gasteiger partial charge on any atom is -0.300 e. The standard InChI is InChI=1S/C8H14O5S2/c1-2-7(9)4-3-5-8(10)6-15(12,14)13-11/h11H,2-6H2,1H3. The van der Waals surface area contributed by atoms with Gasteiger partial charge in [0.15, 0.2) is 8.77 Å². The Balaban J connectivity index is 3.82. The van der Waals surface area contributed by atoms with E-state index in [-0.39, 0.29) is 18.0 Å². The SMILES string of the molecule is CCC(=O)CCCC(=O)CS(=O)(=S)OO. The maximum Gasteiger partial charge on any atom is 0.180 e. The van der Waals surface area contributed by atoms with Crippen LogP contribution >= 0.6 is 0 Å². The maximum atomic E-state index is 11.1. The molecule has 88 valence electrons. The molecule has 1 N–H and O–H groups in total. The molecule has 0 fully saturated rings. The van der Waals surface area contributed by atoms with Gasteiger partial charge in [-0.15, -0.1) is 4.33 Å². The third-order valence-electron chi connectivity index (χ3n) is 1.76. The van der Waals surface area contributed by atoms with Gasteiger partial charge in [-0.25, -0.2) is 9.47 Å². The topological polar surface area (TPSA) is 80.7 Å². The van der Waals surface area contributed by atoms with E-state index in [0.29, 0.717) is 19.3 Å². The smallest absolute Gasteiger partial charge is 0.180 e. The second-order valence-electron chi connectivity index (χ2n) is 3.06. The summed E-state index contributed by atoms with van der Waals surface area (Å²) in [5.41, 5.74) is 0. The molecule has 0 aliphatic rings. The molecule has 0 aliphatic carbocycles. The Bertz CT molecular complexity index is 320. The van der Waals surface area contributed by atoms with Crippen molar-refractivity contribution in [2.75, 3.05) is 5.75 Å². The molecule has 0 radical (unpaired) electrons. The number of hydrogen-bond donors (Lipinski definition) is 1. The summed E-state index contributed by atoms with van der Waals surface area (Å²) in [6.07, 6.45) is 1.33. The third kappa shape index (κ3) is 7.55. The summed E-state index contributed by atoms with van der Waals surface area (Å²) in [7, 11) is -3.32. The number of hydrogen-bond acceptors (Lipinski definition) is 6. The van der Waals surface area contributed by atoms with Gasteiger partial charge in [0.25, 0.3) is 0 Å². The average molecular weight is 254 g/mol. The fourth-order valence-corrected chi connectivity index (χ4v) is 1.94. The van der Waals surface area contributed by atoms with E-state index >= 15 is 0 Å². The van der Waals surface area contributed by atoms with E-state index in [1.807, 2.05) is 0 Å². The van der Waals surface area contributed by atoms with Crippen molar-refractivity contribution in [2.24, 2.45) is 0 Å². The van der Waals surface area contributed by atoms with Crippen molar-refractivity contribution in [3.63, 3.8) is 0 Å². The van der Waals surface area contributed by atoms with Crippen LogP contribution in [0.15, 0.2) is 0 Å². The predicted octanol–water partition coefficient (Wildman–Crippen LogP) is 0.856. The minimum atomic E-state index is -3.32. The first-order chi connectivity index (χ1) is 6.91. The minimum absolute atomic E-state index is 0.0836. The van der Waals surface area contributed by atoms with Crippen molar-refractivity contribution in [2.45, 2.75) is 32.6 Å². The summed E-state index contributed by atoms with van der Waals surface area (Å²) in [5, 5.41) is 8.11. The normalized spacial score (nSPS) is 14.5. The van der Waals surface area contributed by atoms with E-state index in [1.54, 1.807) is 6.92 Å². The van der Waals surface area contributed by atoms with Gasteiger partial charge in [-0.3, -0.25) is 9.59 Å². The van der Waals surface area contributed by atoms with E-state index in [2.05, 4.69) is 15.5 Å². The molecule has 5 nitrogen and oxygen atoms in total. The third-order valence-corrected chi connectivity index (χ3v) is 3.20. The van der Waals surface area contributed by atoms with Crippen LogP contribution < -0.4 is 0 Å². The zero-order valence-corrected chi connectivity index (χ0v) is 10.1.